The molecule has 2 rings (SSSR count). The largest absolute Gasteiger partial charge is 0.337 e. The van der Waals surface area contributed by atoms with Gasteiger partial charge in [0.05, 0.1) is 0 Å². The third-order valence-electron chi connectivity index (χ3n) is 4.14. The summed E-state index contributed by atoms with van der Waals surface area (Å²) in [4.78, 5) is 14.7. The van der Waals surface area contributed by atoms with Crippen molar-refractivity contribution in [2.24, 2.45) is 0 Å². The second-order valence-electron chi connectivity index (χ2n) is 5.84. The van der Waals surface area contributed by atoms with E-state index < -0.39 is 0 Å². The second-order valence-corrected chi connectivity index (χ2v) is 5.84. The van der Waals surface area contributed by atoms with Crippen LogP contribution in [0.1, 0.15) is 47.7 Å². The fourth-order valence-electron chi connectivity index (χ4n) is 2.78. The first-order chi connectivity index (χ1) is 9.61. The fraction of sp³-hybridized carbons (Fsp3) is 0.588. The van der Waals surface area contributed by atoms with Crippen LogP contribution in [0.4, 0.5) is 0 Å². The van der Waals surface area contributed by atoms with Crippen molar-refractivity contribution in [2.75, 3.05) is 19.6 Å². The van der Waals surface area contributed by atoms with Crippen molar-refractivity contribution in [2.45, 2.75) is 46.1 Å². The Kier molecular flexibility index (Phi) is 5.18. The van der Waals surface area contributed by atoms with Crippen molar-refractivity contribution >= 4 is 5.91 Å². The van der Waals surface area contributed by atoms with Crippen LogP contribution in [-0.2, 0) is 0 Å². The molecule has 0 radical (unpaired) electrons. The molecule has 110 valence electrons. The molecule has 3 heteroatoms. The van der Waals surface area contributed by atoms with E-state index in [4.69, 9.17) is 0 Å². The summed E-state index contributed by atoms with van der Waals surface area (Å²) >= 11 is 0. The van der Waals surface area contributed by atoms with Gasteiger partial charge in [-0.15, -0.1) is 0 Å². The van der Waals surface area contributed by atoms with Crippen molar-refractivity contribution in [3.05, 3.63) is 34.9 Å². The summed E-state index contributed by atoms with van der Waals surface area (Å²) < 4.78 is 0. The first-order valence-electron chi connectivity index (χ1n) is 7.71. The zero-order valence-corrected chi connectivity index (χ0v) is 12.9. The molecule has 0 aliphatic carbocycles. The van der Waals surface area contributed by atoms with Gasteiger partial charge in [-0.3, -0.25) is 4.79 Å². The highest BCUT2D eigenvalue weighted by atomic mass is 16.2. The van der Waals surface area contributed by atoms with Gasteiger partial charge in [0.25, 0.3) is 5.91 Å². The monoisotopic (exact) mass is 274 g/mol. The number of aryl methyl sites for hydroxylation is 2. The van der Waals surface area contributed by atoms with Gasteiger partial charge >= 0.3 is 0 Å². The third kappa shape index (κ3) is 3.60. The number of amides is 1. The summed E-state index contributed by atoms with van der Waals surface area (Å²) in [5.41, 5.74) is 3.24. The highest BCUT2D eigenvalue weighted by molar-refractivity contribution is 5.94. The molecule has 1 heterocycles. The zero-order valence-electron chi connectivity index (χ0n) is 12.9. The zero-order chi connectivity index (χ0) is 14.5. The number of nitrogens with one attached hydrogen (secondary N) is 1. The average molecular weight is 274 g/mol. The number of carbonyl (C=O) groups excluding carboxylic acids is 1. The maximum Gasteiger partial charge on any atom is 0.253 e. The van der Waals surface area contributed by atoms with Crippen molar-refractivity contribution < 1.29 is 4.79 Å². The van der Waals surface area contributed by atoms with Gasteiger partial charge in [0, 0.05) is 24.7 Å². The standard InChI is InChI=1S/C17H26N2O/c1-4-10-19(12-16-6-5-9-18-16)17(20)15-8-7-13(2)14(3)11-15/h7-8,11,16,18H,4-6,9-10,12H2,1-3H3. The molecule has 20 heavy (non-hydrogen) atoms. The molecule has 1 aromatic rings. The normalized spacial score (nSPS) is 18.2. The molecule has 1 saturated heterocycles. The van der Waals surface area contributed by atoms with Crippen LogP contribution in [0.3, 0.4) is 0 Å². The number of hydrogen-bond acceptors (Lipinski definition) is 2. The summed E-state index contributed by atoms with van der Waals surface area (Å²) in [6, 6.07) is 6.48. The molecule has 0 aromatic heterocycles. The summed E-state index contributed by atoms with van der Waals surface area (Å²) in [5, 5.41) is 3.48. The van der Waals surface area contributed by atoms with E-state index in [1.165, 1.54) is 24.0 Å². The van der Waals surface area contributed by atoms with Crippen LogP contribution in [0.5, 0.6) is 0 Å². The first kappa shape index (κ1) is 15.0. The maximum atomic E-state index is 12.7. The fourth-order valence-corrected chi connectivity index (χ4v) is 2.78. The molecule has 1 atom stereocenters. The lowest BCUT2D eigenvalue weighted by Crippen LogP contribution is -2.41. The smallest absolute Gasteiger partial charge is 0.253 e. The average Bonchev–Trinajstić information content (AvgIpc) is 2.93. The number of benzene rings is 1. The molecule has 0 bridgehead atoms. The molecule has 3 nitrogen and oxygen atoms in total. The summed E-state index contributed by atoms with van der Waals surface area (Å²) in [5.74, 6) is 0.170. The molecule has 1 aliphatic heterocycles. The molecular weight excluding hydrogens is 248 g/mol. The Morgan fingerprint density at radius 3 is 2.75 bits per heavy atom. The van der Waals surface area contributed by atoms with Crippen LogP contribution in [0, 0.1) is 13.8 Å². The van der Waals surface area contributed by atoms with E-state index >= 15 is 0 Å². The molecule has 1 amide bonds. The molecular formula is C17H26N2O. The van der Waals surface area contributed by atoms with Crippen molar-refractivity contribution in [1.82, 2.24) is 10.2 Å². The van der Waals surface area contributed by atoms with E-state index in [2.05, 4.69) is 26.1 Å². The van der Waals surface area contributed by atoms with Gasteiger partial charge in [-0.25, -0.2) is 0 Å². The molecule has 1 unspecified atom stereocenters. The molecule has 1 aromatic carbocycles. The number of hydrogen-bond donors (Lipinski definition) is 1. The van der Waals surface area contributed by atoms with Crippen molar-refractivity contribution in [3.63, 3.8) is 0 Å². The summed E-state index contributed by atoms with van der Waals surface area (Å²) in [6.45, 7) is 9.03. The molecule has 0 spiro atoms. The quantitative estimate of drug-likeness (QED) is 0.895. The summed E-state index contributed by atoms with van der Waals surface area (Å²) in [6.07, 6.45) is 3.41. The minimum atomic E-state index is 0.170. The lowest BCUT2D eigenvalue weighted by Gasteiger charge is -2.26. The lowest BCUT2D eigenvalue weighted by atomic mass is 10.1. The van der Waals surface area contributed by atoms with Gasteiger partial charge in [-0.2, -0.15) is 0 Å². The van der Waals surface area contributed by atoms with Crippen LogP contribution in [-0.4, -0.2) is 36.5 Å². The van der Waals surface area contributed by atoms with Crippen LogP contribution in [0.25, 0.3) is 0 Å². The van der Waals surface area contributed by atoms with Gasteiger partial charge in [-0.1, -0.05) is 13.0 Å². The second kappa shape index (κ2) is 6.89. The van der Waals surface area contributed by atoms with E-state index in [9.17, 15) is 4.79 Å². The Morgan fingerprint density at radius 1 is 1.35 bits per heavy atom. The SMILES string of the molecule is CCCN(CC1CCCN1)C(=O)c1ccc(C)c(C)c1. The van der Waals surface area contributed by atoms with E-state index in [0.717, 1.165) is 31.6 Å². The third-order valence-corrected chi connectivity index (χ3v) is 4.14. The van der Waals surface area contributed by atoms with Crippen LogP contribution >= 0.6 is 0 Å². The number of rotatable bonds is 5. The maximum absolute atomic E-state index is 12.7. The molecule has 0 saturated carbocycles. The molecule has 1 fully saturated rings. The Morgan fingerprint density at radius 2 is 2.15 bits per heavy atom. The van der Waals surface area contributed by atoms with E-state index in [-0.39, 0.29) is 5.91 Å². The van der Waals surface area contributed by atoms with Gasteiger partial charge in [0.15, 0.2) is 0 Å². The van der Waals surface area contributed by atoms with Crippen molar-refractivity contribution in [1.29, 1.82) is 0 Å². The topological polar surface area (TPSA) is 32.3 Å². The minimum Gasteiger partial charge on any atom is -0.337 e. The van der Waals surface area contributed by atoms with Gasteiger partial charge in [0.2, 0.25) is 0 Å². The Hall–Kier alpha value is -1.35. The lowest BCUT2D eigenvalue weighted by molar-refractivity contribution is 0.0742. The van der Waals surface area contributed by atoms with Crippen LogP contribution < -0.4 is 5.32 Å². The highest BCUT2D eigenvalue weighted by Gasteiger charge is 2.22. The first-order valence-corrected chi connectivity index (χ1v) is 7.71. The number of carbonyl (C=O) groups is 1. The van der Waals surface area contributed by atoms with E-state index in [1.807, 2.05) is 23.1 Å². The Labute approximate surface area is 122 Å². The molecule has 1 N–H and O–H groups in total. The van der Waals surface area contributed by atoms with Crippen LogP contribution in [0.2, 0.25) is 0 Å². The minimum absolute atomic E-state index is 0.170. The number of nitrogens with zero attached hydrogens (tertiary/aromatic N) is 1. The Balaban J connectivity index is 2.10. The van der Waals surface area contributed by atoms with Gasteiger partial charge in [0.1, 0.15) is 0 Å². The molecule has 1 aliphatic rings. The van der Waals surface area contributed by atoms with Gasteiger partial charge < -0.3 is 10.2 Å². The van der Waals surface area contributed by atoms with E-state index in [0.29, 0.717) is 6.04 Å². The predicted molar refractivity (Wildman–Crippen MR) is 83.1 cm³/mol. The van der Waals surface area contributed by atoms with Crippen LogP contribution in [0.15, 0.2) is 18.2 Å². The predicted octanol–water partition coefficient (Wildman–Crippen LogP) is 2.91. The van der Waals surface area contributed by atoms with Gasteiger partial charge in [-0.05, 0) is 62.9 Å². The van der Waals surface area contributed by atoms with Crippen molar-refractivity contribution in [3.8, 4) is 0 Å². The summed E-state index contributed by atoms with van der Waals surface area (Å²) in [7, 11) is 0. The highest BCUT2D eigenvalue weighted by Crippen LogP contribution is 2.14. The van der Waals surface area contributed by atoms with E-state index in [1.54, 1.807) is 0 Å². The Bertz CT molecular complexity index is 464.